The summed E-state index contributed by atoms with van der Waals surface area (Å²) in [6.07, 6.45) is 6.20. The van der Waals surface area contributed by atoms with Crippen molar-refractivity contribution in [3.63, 3.8) is 0 Å². The van der Waals surface area contributed by atoms with Crippen LogP contribution in [0.5, 0.6) is 0 Å². The molecule has 0 bridgehead atoms. The maximum atomic E-state index is 12.7. The van der Waals surface area contributed by atoms with Crippen molar-refractivity contribution in [2.45, 2.75) is 46.0 Å². The van der Waals surface area contributed by atoms with Crippen molar-refractivity contribution in [2.75, 3.05) is 19.6 Å². The number of benzene rings is 1. The largest absolute Gasteiger partial charge is 0.343 e. The number of hydrogen-bond donors (Lipinski definition) is 0. The van der Waals surface area contributed by atoms with Gasteiger partial charge in [-0.1, -0.05) is 62.1 Å². The van der Waals surface area contributed by atoms with Crippen molar-refractivity contribution < 1.29 is 9.59 Å². The molecule has 0 unspecified atom stereocenters. The van der Waals surface area contributed by atoms with Gasteiger partial charge in [0.2, 0.25) is 5.91 Å². The van der Waals surface area contributed by atoms with E-state index in [4.69, 9.17) is 12.2 Å². The molecule has 0 spiro atoms. The predicted molar refractivity (Wildman–Crippen MR) is 120 cm³/mol. The van der Waals surface area contributed by atoms with E-state index in [9.17, 15) is 9.59 Å². The number of rotatable bonds is 6. The standard InChI is InChI=1S/C22H28N2O2S2/c1-3-17-6-8-18(9-7-17)15-19-21(26)24(22(27)28-19)12-4-5-20(25)23-13-10-16(2)11-14-23/h6-9,15-16H,3-5,10-14H2,1-2H3/b19-15+. The molecule has 2 aliphatic heterocycles. The van der Waals surface area contributed by atoms with Gasteiger partial charge in [0.05, 0.1) is 4.91 Å². The zero-order valence-corrected chi connectivity index (χ0v) is 18.3. The van der Waals surface area contributed by atoms with E-state index in [1.807, 2.05) is 23.1 Å². The Kier molecular flexibility index (Phi) is 7.30. The first kappa shape index (κ1) is 21.1. The number of likely N-dealkylation sites (tertiary alicyclic amines) is 1. The first-order chi connectivity index (χ1) is 13.5. The van der Waals surface area contributed by atoms with Gasteiger partial charge in [0.25, 0.3) is 5.91 Å². The van der Waals surface area contributed by atoms with E-state index < -0.39 is 0 Å². The van der Waals surface area contributed by atoms with Crippen LogP contribution in [-0.2, 0) is 16.0 Å². The van der Waals surface area contributed by atoms with Gasteiger partial charge in [-0.05, 0) is 48.8 Å². The van der Waals surface area contributed by atoms with E-state index in [0.29, 0.717) is 34.5 Å². The van der Waals surface area contributed by atoms with Gasteiger partial charge in [-0.2, -0.15) is 0 Å². The topological polar surface area (TPSA) is 40.6 Å². The van der Waals surface area contributed by atoms with E-state index in [0.717, 1.165) is 37.9 Å². The van der Waals surface area contributed by atoms with Crippen LogP contribution in [-0.4, -0.2) is 45.6 Å². The highest BCUT2D eigenvalue weighted by Crippen LogP contribution is 2.32. The number of nitrogens with zero attached hydrogens (tertiary/aromatic N) is 2. The van der Waals surface area contributed by atoms with Crippen LogP contribution < -0.4 is 0 Å². The van der Waals surface area contributed by atoms with Crippen LogP contribution in [0.25, 0.3) is 6.08 Å². The van der Waals surface area contributed by atoms with E-state index >= 15 is 0 Å². The van der Waals surface area contributed by atoms with Crippen LogP contribution in [0.3, 0.4) is 0 Å². The summed E-state index contributed by atoms with van der Waals surface area (Å²) in [5, 5.41) is 0. The van der Waals surface area contributed by atoms with E-state index in [-0.39, 0.29) is 11.8 Å². The number of carbonyl (C=O) groups is 2. The van der Waals surface area contributed by atoms with Gasteiger partial charge in [0, 0.05) is 26.1 Å². The normalized spacial score (nSPS) is 19.7. The number of thioether (sulfide) groups is 1. The average molecular weight is 417 g/mol. The molecular weight excluding hydrogens is 388 g/mol. The lowest BCUT2D eigenvalue weighted by molar-refractivity contribution is -0.133. The summed E-state index contributed by atoms with van der Waals surface area (Å²) in [7, 11) is 0. The SMILES string of the molecule is CCc1ccc(/C=C2/SC(=S)N(CCCC(=O)N3CCC(C)CC3)C2=O)cc1. The Hall–Kier alpha value is -1.66. The molecule has 3 rings (SSSR count). The highest BCUT2D eigenvalue weighted by Gasteiger charge is 2.31. The molecule has 1 aromatic carbocycles. The van der Waals surface area contributed by atoms with Gasteiger partial charge in [-0.25, -0.2) is 0 Å². The molecule has 4 nitrogen and oxygen atoms in total. The number of hydrogen-bond acceptors (Lipinski definition) is 4. The molecule has 150 valence electrons. The number of thiocarbonyl (C=S) groups is 1. The van der Waals surface area contributed by atoms with Crippen LogP contribution in [0, 0.1) is 5.92 Å². The summed E-state index contributed by atoms with van der Waals surface area (Å²) >= 11 is 6.75. The summed E-state index contributed by atoms with van der Waals surface area (Å²) in [5.41, 5.74) is 2.28. The third kappa shape index (κ3) is 5.23. The minimum absolute atomic E-state index is 0.0474. The third-order valence-electron chi connectivity index (χ3n) is 5.47. The number of aryl methyl sites for hydroxylation is 1. The molecule has 1 aromatic rings. The molecular formula is C22H28N2O2S2. The first-order valence-electron chi connectivity index (χ1n) is 10.1. The lowest BCUT2D eigenvalue weighted by Crippen LogP contribution is -2.38. The summed E-state index contributed by atoms with van der Waals surface area (Å²) in [4.78, 5) is 29.3. The van der Waals surface area contributed by atoms with Crippen molar-refractivity contribution in [1.29, 1.82) is 0 Å². The molecule has 0 aliphatic carbocycles. The molecule has 0 atom stereocenters. The van der Waals surface area contributed by atoms with Gasteiger partial charge >= 0.3 is 0 Å². The van der Waals surface area contributed by atoms with Crippen molar-refractivity contribution in [3.8, 4) is 0 Å². The fraction of sp³-hybridized carbons (Fsp3) is 0.500. The molecule has 28 heavy (non-hydrogen) atoms. The third-order valence-corrected chi connectivity index (χ3v) is 6.85. The average Bonchev–Trinajstić information content (AvgIpc) is 2.96. The molecule has 0 aromatic heterocycles. The fourth-order valence-electron chi connectivity index (χ4n) is 3.50. The van der Waals surface area contributed by atoms with Crippen molar-refractivity contribution in [2.24, 2.45) is 5.92 Å². The highest BCUT2D eigenvalue weighted by molar-refractivity contribution is 8.26. The highest BCUT2D eigenvalue weighted by atomic mass is 32.2. The van der Waals surface area contributed by atoms with Crippen LogP contribution >= 0.6 is 24.0 Å². The van der Waals surface area contributed by atoms with Gasteiger partial charge in [0.15, 0.2) is 0 Å². The van der Waals surface area contributed by atoms with E-state index in [1.165, 1.54) is 17.3 Å². The van der Waals surface area contributed by atoms with Gasteiger partial charge in [0.1, 0.15) is 4.32 Å². The summed E-state index contributed by atoms with van der Waals surface area (Å²) in [6.45, 7) is 6.59. The smallest absolute Gasteiger partial charge is 0.266 e. The van der Waals surface area contributed by atoms with Crippen LogP contribution in [0.4, 0.5) is 0 Å². The lowest BCUT2D eigenvalue weighted by atomic mass is 9.99. The second-order valence-corrected chi connectivity index (χ2v) is 9.27. The molecule has 6 heteroatoms. The maximum Gasteiger partial charge on any atom is 0.266 e. The zero-order valence-electron chi connectivity index (χ0n) is 16.6. The first-order valence-corrected chi connectivity index (χ1v) is 11.3. The summed E-state index contributed by atoms with van der Waals surface area (Å²) in [6, 6.07) is 8.23. The molecule has 2 aliphatic rings. The van der Waals surface area contributed by atoms with Crippen molar-refractivity contribution in [1.82, 2.24) is 9.80 Å². The van der Waals surface area contributed by atoms with Gasteiger partial charge in [-0.15, -0.1) is 0 Å². The fourth-order valence-corrected chi connectivity index (χ4v) is 4.81. The Bertz CT molecular complexity index is 765. The molecule has 2 saturated heterocycles. The molecule has 0 saturated carbocycles. The van der Waals surface area contributed by atoms with Crippen LogP contribution in [0.2, 0.25) is 0 Å². The number of piperidine rings is 1. The Labute approximate surface area is 177 Å². The maximum absolute atomic E-state index is 12.7. The van der Waals surface area contributed by atoms with Crippen molar-refractivity contribution >= 4 is 46.2 Å². The van der Waals surface area contributed by atoms with Gasteiger partial charge in [-0.3, -0.25) is 14.5 Å². The number of carbonyl (C=O) groups excluding carboxylic acids is 2. The predicted octanol–water partition coefficient (Wildman–Crippen LogP) is 4.49. The Morgan fingerprint density at radius 3 is 2.57 bits per heavy atom. The van der Waals surface area contributed by atoms with Gasteiger partial charge < -0.3 is 4.90 Å². The molecule has 2 amide bonds. The zero-order chi connectivity index (χ0) is 20.1. The Morgan fingerprint density at radius 1 is 1.25 bits per heavy atom. The van der Waals surface area contributed by atoms with E-state index in [1.54, 1.807) is 4.90 Å². The Morgan fingerprint density at radius 2 is 1.93 bits per heavy atom. The summed E-state index contributed by atoms with van der Waals surface area (Å²) in [5.74, 6) is 0.863. The monoisotopic (exact) mass is 416 g/mol. The minimum atomic E-state index is -0.0474. The second-order valence-electron chi connectivity index (χ2n) is 7.60. The van der Waals surface area contributed by atoms with Crippen LogP contribution in [0.1, 0.15) is 50.7 Å². The molecule has 0 N–H and O–H groups in total. The quantitative estimate of drug-likeness (QED) is 0.506. The summed E-state index contributed by atoms with van der Waals surface area (Å²) < 4.78 is 0.584. The molecule has 2 heterocycles. The minimum Gasteiger partial charge on any atom is -0.343 e. The van der Waals surface area contributed by atoms with Crippen molar-refractivity contribution in [3.05, 3.63) is 40.3 Å². The van der Waals surface area contributed by atoms with E-state index in [2.05, 4.69) is 26.0 Å². The number of amides is 2. The lowest BCUT2D eigenvalue weighted by Gasteiger charge is -2.30. The van der Waals surface area contributed by atoms with Crippen LogP contribution in [0.15, 0.2) is 29.2 Å². The molecule has 2 fully saturated rings. The molecule has 0 radical (unpaired) electrons. The Balaban J connectivity index is 1.52. The second kappa shape index (κ2) is 9.70.